The van der Waals surface area contributed by atoms with Gasteiger partial charge in [0.25, 0.3) is 0 Å². The van der Waals surface area contributed by atoms with Gasteiger partial charge < -0.3 is 4.90 Å². The fraction of sp³-hybridized carbons (Fsp3) is 0.471. The van der Waals surface area contributed by atoms with Gasteiger partial charge in [-0.2, -0.15) is 5.26 Å². The first-order valence-electron chi connectivity index (χ1n) is 15.0. The molecule has 0 radical (unpaired) electrons. The number of benzene rings is 2. The molecule has 0 atom stereocenters. The minimum absolute atomic E-state index is 0.464. The maximum absolute atomic E-state index is 10.3. The number of aromatic nitrogens is 2. The molecular weight excluding hydrogens is 478 g/mol. The van der Waals surface area contributed by atoms with Crippen molar-refractivity contribution in [1.82, 2.24) is 14.3 Å². The van der Waals surface area contributed by atoms with Crippen molar-refractivity contribution in [3.05, 3.63) is 76.9 Å². The van der Waals surface area contributed by atoms with Gasteiger partial charge in [-0.15, -0.1) is 0 Å². The molecule has 2 aromatic heterocycles. The zero-order valence-corrected chi connectivity index (χ0v) is 22.9. The number of pyridine rings is 1. The van der Waals surface area contributed by atoms with E-state index in [-0.39, 0.29) is 0 Å². The Morgan fingerprint density at radius 2 is 1.51 bits per heavy atom. The van der Waals surface area contributed by atoms with Crippen LogP contribution in [0.1, 0.15) is 60.8 Å². The zero-order chi connectivity index (χ0) is 26.1. The van der Waals surface area contributed by atoms with Crippen molar-refractivity contribution in [2.75, 3.05) is 31.1 Å². The van der Waals surface area contributed by atoms with E-state index >= 15 is 0 Å². The van der Waals surface area contributed by atoms with Crippen LogP contribution in [0.3, 0.4) is 0 Å². The SMILES string of the molecule is Cc1c(Cc2ccccc2)c(N2CCN(C34CC5CC(CC(C5)C3)C4)CC2)n2c(nc3ccccc32)c1C#N. The molecule has 4 aromatic rings. The number of nitrogens with zero attached hydrogens (tertiary/aromatic N) is 5. The van der Waals surface area contributed by atoms with E-state index in [2.05, 4.69) is 75.7 Å². The number of rotatable bonds is 4. The summed E-state index contributed by atoms with van der Waals surface area (Å²) in [6.07, 6.45) is 9.61. The Morgan fingerprint density at radius 1 is 0.872 bits per heavy atom. The van der Waals surface area contributed by atoms with Gasteiger partial charge in [0, 0.05) is 43.7 Å². The Morgan fingerprint density at radius 3 is 2.18 bits per heavy atom. The summed E-state index contributed by atoms with van der Waals surface area (Å²) in [6.45, 7) is 6.44. The minimum Gasteiger partial charge on any atom is -0.355 e. The van der Waals surface area contributed by atoms with Crippen molar-refractivity contribution in [3.63, 3.8) is 0 Å². The molecule has 4 bridgehead atoms. The molecule has 4 saturated carbocycles. The van der Waals surface area contributed by atoms with E-state index in [9.17, 15) is 5.26 Å². The van der Waals surface area contributed by atoms with Crippen LogP contribution in [-0.2, 0) is 6.42 Å². The van der Waals surface area contributed by atoms with E-state index in [4.69, 9.17) is 4.98 Å². The molecule has 5 aliphatic rings. The molecule has 0 unspecified atom stereocenters. The van der Waals surface area contributed by atoms with Gasteiger partial charge in [0.1, 0.15) is 11.9 Å². The largest absolute Gasteiger partial charge is 0.355 e. The second-order valence-electron chi connectivity index (χ2n) is 13.0. The van der Waals surface area contributed by atoms with Crippen molar-refractivity contribution in [3.8, 4) is 6.07 Å². The van der Waals surface area contributed by atoms with Gasteiger partial charge in [-0.05, 0) is 86.5 Å². The number of fused-ring (bicyclic) bond motifs is 3. The van der Waals surface area contributed by atoms with Crippen molar-refractivity contribution in [2.24, 2.45) is 17.8 Å². The lowest BCUT2D eigenvalue weighted by molar-refractivity contribution is -0.0902. The van der Waals surface area contributed by atoms with Crippen LogP contribution in [0.4, 0.5) is 5.82 Å². The minimum atomic E-state index is 0.464. The van der Waals surface area contributed by atoms with Crippen LogP contribution >= 0.6 is 0 Å². The molecule has 1 saturated heterocycles. The van der Waals surface area contributed by atoms with Gasteiger partial charge in [0.2, 0.25) is 0 Å². The van der Waals surface area contributed by atoms with Gasteiger partial charge in [-0.25, -0.2) is 4.98 Å². The molecule has 5 fully saturated rings. The lowest BCUT2D eigenvalue weighted by Gasteiger charge is -2.61. The lowest BCUT2D eigenvalue weighted by atomic mass is 9.52. The van der Waals surface area contributed by atoms with E-state index in [1.807, 2.05) is 6.07 Å². The van der Waals surface area contributed by atoms with Crippen LogP contribution < -0.4 is 4.90 Å². The number of hydrogen-bond donors (Lipinski definition) is 0. The fourth-order valence-corrected chi connectivity index (χ4v) is 9.35. The van der Waals surface area contributed by atoms with Crippen LogP contribution in [0.2, 0.25) is 0 Å². The molecule has 4 aliphatic carbocycles. The first-order valence-corrected chi connectivity index (χ1v) is 15.0. The molecule has 2 aromatic carbocycles. The molecule has 39 heavy (non-hydrogen) atoms. The van der Waals surface area contributed by atoms with Crippen molar-refractivity contribution in [2.45, 2.75) is 57.4 Å². The predicted octanol–water partition coefficient (Wildman–Crippen LogP) is 6.35. The second-order valence-corrected chi connectivity index (χ2v) is 13.0. The quantitative estimate of drug-likeness (QED) is 0.318. The maximum atomic E-state index is 10.3. The Labute approximate surface area is 231 Å². The van der Waals surface area contributed by atoms with E-state index in [0.717, 1.165) is 72.6 Å². The summed E-state index contributed by atoms with van der Waals surface area (Å²) in [5.41, 5.74) is 7.63. The van der Waals surface area contributed by atoms with Crippen LogP contribution in [-0.4, -0.2) is 46.0 Å². The monoisotopic (exact) mass is 515 g/mol. The highest BCUT2D eigenvalue weighted by Gasteiger charge is 2.53. The highest BCUT2D eigenvalue weighted by atomic mass is 15.3. The number of imidazole rings is 1. The zero-order valence-electron chi connectivity index (χ0n) is 22.9. The number of nitriles is 1. The molecule has 3 heterocycles. The smallest absolute Gasteiger partial charge is 0.157 e. The predicted molar refractivity (Wildman–Crippen MR) is 156 cm³/mol. The summed E-state index contributed by atoms with van der Waals surface area (Å²) in [6, 6.07) is 21.6. The summed E-state index contributed by atoms with van der Waals surface area (Å²) in [5, 5.41) is 10.3. The van der Waals surface area contributed by atoms with Gasteiger partial charge in [0.15, 0.2) is 5.65 Å². The van der Waals surface area contributed by atoms with Crippen molar-refractivity contribution < 1.29 is 0 Å². The molecule has 0 amide bonds. The van der Waals surface area contributed by atoms with E-state index in [0.29, 0.717) is 11.1 Å². The highest BCUT2D eigenvalue weighted by Crippen LogP contribution is 2.58. The Hall–Kier alpha value is -3.36. The number of piperazine rings is 1. The van der Waals surface area contributed by atoms with Gasteiger partial charge in [-0.1, -0.05) is 42.5 Å². The first kappa shape index (κ1) is 23.5. The van der Waals surface area contributed by atoms with Gasteiger partial charge in [-0.3, -0.25) is 9.30 Å². The second kappa shape index (κ2) is 8.83. The van der Waals surface area contributed by atoms with E-state index in [1.54, 1.807) is 0 Å². The molecule has 5 heteroatoms. The Kier molecular flexibility index (Phi) is 5.32. The third kappa shape index (κ3) is 3.64. The van der Waals surface area contributed by atoms with E-state index in [1.165, 1.54) is 55.5 Å². The standard InChI is InChI=1S/C34H37N5/c1-23-28(18-24-7-3-2-4-8-24)33(39-31-10-6-5-9-30(31)36-32(39)29(23)22-35)37-11-13-38(14-12-37)34-19-25-15-26(20-34)17-27(16-25)21-34/h2-10,25-27H,11-21H2,1H3. The first-order chi connectivity index (χ1) is 19.1. The van der Waals surface area contributed by atoms with Gasteiger partial charge >= 0.3 is 0 Å². The summed E-state index contributed by atoms with van der Waals surface area (Å²) < 4.78 is 2.31. The van der Waals surface area contributed by atoms with Crippen LogP contribution in [0.25, 0.3) is 16.7 Å². The van der Waals surface area contributed by atoms with Gasteiger partial charge in [0.05, 0.1) is 16.6 Å². The molecule has 0 N–H and O–H groups in total. The van der Waals surface area contributed by atoms with Crippen LogP contribution in [0, 0.1) is 36.0 Å². The van der Waals surface area contributed by atoms with Crippen molar-refractivity contribution >= 4 is 22.5 Å². The molecule has 9 rings (SSSR count). The normalized spacial score (nSPS) is 28.4. The number of para-hydroxylation sites is 2. The summed E-state index contributed by atoms with van der Waals surface area (Å²) in [4.78, 5) is 10.5. The summed E-state index contributed by atoms with van der Waals surface area (Å²) in [5.74, 6) is 4.17. The van der Waals surface area contributed by atoms with E-state index < -0.39 is 0 Å². The third-order valence-corrected chi connectivity index (χ3v) is 10.7. The molecular formula is C34H37N5. The maximum Gasteiger partial charge on any atom is 0.157 e. The molecule has 0 spiro atoms. The number of anilines is 1. The average Bonchev–Trinajstić information content (AvgIpc) is 3.32. The Bertz CT molecular complexity index is 1570. The topological polar surface area (TPSA) is 47.6 Å². The Balaban J connectivity index is 1.22. The fourth-order valence-electron chi connectivity index (χ4n) is 9.35. The lowest BCUT2D eigenvalue weighted by Crippen LogP contribution is -2.64. The third-order valence-electron chi connectivity index (χ3n) is 10.7. The number of hydrogen-bond acceptors (Lipinski definition) is 4. The summed E-state index contributed by atoms with van der Waals surface area (Å²) in [7, 11) is 0. The molecule has 198 valence electrons. The van der Waals surface area contributed by atoms with Crippen LogP contribution in [0.5, 0.6) is 0 Å². The van der Waals surface area contributed by atoms with Crippen LogP contribution in [0.15, 0.2) is 54.6 Å². The summed E-state index contributed by atoms with van der Waals surface area (Å²) >= 11 is 0. The molecule has 5 nitrogen and oxygen atoms in total. The molecule has 1 aliphatic heterocycles. The average molecular weight is 516 g/mol. The van der Waals surface area contributed by atoms with Crippen molar-refractivity contribution in [1.29, 1.82) is 5.26 Å². The highest BCUT2D eigenvalue weighted by molar-refractivity contribution is 5.86.